The molecule has 0 amide bonds. The third kappa shape index (κ3) is 5.64. The summed E-state index contributed by atoms with van der Waals surface area (Å²) in [4.78, 5) is 6.70. The van der Waals surface area contributed by atoms with Crippen LogP contribution < -0.4 is 0 Å². The zero-order chi connectivity index (χ0) is 11.3. The van der Waals surface area contributed by atoms with Gasteiger partial charge < -0.3 is 9.72 Å². The lowest BCUT2D eigenvalue weighted by Crippen LogP contribution is -2.21. The molecule has 0 aliphatic rings. The van der Waals surface area contributed by atoms with Crippen molar-refractivity contribution in [2.24, 2.45) is 0 Å². The Hall–Kier alpha value is -0.750. The van der Waals surface area contributed by atoms with Crippen molar-refractivity contribution in [3.05, 3.63) is 18.2 Å². The molecule has 0 aromatic carbocycles. The molecule has 0 saturated carbocycles. The summed E-state index contributed by atoms with van der Waals surface area (Å²) in [6, 6.07) is 0. The van der Waals surface area contributed by atoms with Crippen LogP contribution in [-0.4, -0.2) is 34.7 Å². The number of hydrogen-bond acceptors (Lipinski definition) is 2. The molecule has 0 saturated heterocycles. The fourth-order valence-corrected chi connectivity index (χ4v) is 1.22. The molecule has 7 heteroatoms. The highest BCUT2D eigenvalue weighted by Gasteiger charge is 2.27. The Balaban J connectivity index is 2.17. The number of aromatic nitrogens is 2. The van der Waals surface area contributed by atoms with E-state index in [1.807, 2.05) is 0 Å². The van der Waals surface area contributed by atoms with Gasteiger partial charge in [-0.25, -0.2) is 4.98 Å². The second-order valence-corrected chi connectivity index (χ2v) is 3.58. The van der Waals surface area contributed by atoms with Crippen LogP contribution in [0.5, 0.6) is 0 Å². The molecule has 3 nitrogen and oxygen atoms in total. The molecule has 0 aliphatic heterocycles. The minimum Gasteiger partial charge on any atom is -0.370 e. The van der Waals surface area contributed by atoms with E-state index >= 15 is 0 Å². The Labute approximate surface area is 89.6 Å². The normalized spacial score (nSPS) is 14.1. The molecule has 1 heterocycles. The van der Waals surface area contributed by atoms with Crippen LogP contribution in [0, 0.1) is 0 Å². The molecule has 1 aromatic rings. The third-order valence-electron chi connectivity index (χ3n) is 1.53. The van der Waals surface area contributed by atoms with Crippen molar-refractivity contribution in [2.75, 3.05) is 13.2 Å². The van der Waals surface area contributed by atoms with Crippen LogP contribution in [0.25, 0.3) is 0 Å². The molecule has 1 N–H and O–H groups in total. The van der Waals surface area contributed by atoms with Crippen molar-refractivity contribution < 1.29 is 17.9 Å². The molecule has 1 rings (SSSR count). The number of nitrogens with one attached hydrogen (secondary N) is 1. The van der Waals surface area contributed by atoms with Gasteiger partial charge in [0.2, 0.25) is 0 Å². The summed E-state index contributed by atoms with van der Waals surface area (Å²) in [6.07, 6.45) is -0.779. The summed E-state index contributed by atoms with van der Waals surface area (Å²) in [5.41, 5.74) is 0. The van der Waals surface area contributed by atoms with E-state index < -0.39 is 18.2 Å². The number of imidazole rings is 1. The van der Waals surface area contributed by atoms with Crippen molar-refractivity contribution in [1.82, 2.24) is 9.97 Å². The molecule has 1 atom stereocenters. The lowest BCUT2D eigenvalue weighted by molar-refractivity contribution is -0.173. The molecule has 1 aromatic heterocycles. The minimum atomic E-state index is -4.30. The van der Waals surface area contributed by atoms with Gasteiger partial charge in [-0.3, -0.25) is 0 Å². The lowest BCUT2D eigenvalue weighted by Gasteiger charge is -2.10. The van der Waals surface area contributed by atoms with Crippen LogP contribution >= 0.6 is 11.6 Å². The van der Waals surface area contributed by atoms with E-state index in [1.165, 1.54) is 0 Å². The monoisotopic (exact) mass is 242 g/mol. The predicted molar refractivity (Wildman–Crippen MR) is 48.8 cm³/mol. The SMILES string of the molecule is FC(F)(F)COCC(Cl)Cc1ncc[nH]1. The van der Waals surface area contributed by atoms with Gasteiger partial charge >= 0.3 is 6.18 Å². The van der Waals surface area contributed by atoms with Crippen molar-refractivity contribution in [3.63, 3.8) is 0 Å². The highest BCUT2D eigenvalue weighted by molar-refractivity contribution is 6.20. The molecule has 15 heavy (non-hydrogen) atoms. The maximum atomic E-state index is 11.7. The highest BCUT2D eigenvalue weighted by atomic mass is 35.5. The van der Waals surface area contributed by atoms with E-state index in [-0.39, 0.29) is 6.61 Å². The smallest absolute Gasteiger partial charge is 0.370 e. The van der Waals surface area contributed by atoms with Gasteiger partial charge in [-0.15, -0.1) is 11.6 Å². The first-order valence-corrected chi connectivity index (χ1v) is 4.68. The fourth-order valence-electron chi connectivity index (χ4n) is 0.981. The maximum Gasteiger partial charge on any atom is 0.411 e. The molecule has 0 aliphatic carbocycles. The van der Waals surface area contributed by atoms with Gasteiger partial charge in [0, 0.05) is 18.8 Å². The van der Waals surface area contributed by atoms with Gasteiger partial charge in [0.1, 0.15) is 12.4 Å². The summed E-state index contributed by atoms with van der Waals surface area (Å²) in [5, 5.41) is -0.515. The molecule has 0 radical (unpaired) electrons. The zero-order valence-electron chi connectivity index (χ0n) is 7.72. The van der Waals surface area contributed by atoms with E-state index in [9.17, 15) is 13.2 Å². The summed E-state index contributed by atoms with van der Waals surface area (Å²) in [6.45, 7) is -1.42. The number of rotatable bonds is 5. The van der Waals surface area contributed by atoms with Gasteiger partial charge in [-0.2, -0.15) is 13.2 Å². The first kappa shape index (κ1) is 12.3. The van der Waals surface area contributed by atoms with E-state index in [4.69, 9.17) is 11.6 Å². The quantitative estimate of drug-likeness (QED) is 0.804. The number of hydrogen-bond donors (Lipinski definition) is 1. The number of nitrogens with zero attached hydrogens (tertiary/aromatic N) is 1. The van der Waals surface area contributed by atoms with Gasteiger partial charge in [0.15, 0.2) is 0 Å². The zero-order valence-corrected chi connectivity index (χ0v) is 8.48. The van der Waals surface area contributed by atoms with Crippen molar-refractivity contribution in [2.45, 2.75) is 18.0 Å². The van der Waals surface area contributed by atoms with E-state index in [2.05, 4.69) is 14.7 Å². The summed E-state index contributed by atoms with van der Waals surface area (Å²) >= 11 is 5.75. The average molecular weight is 243 g/mol. The Bertz CT molecular complexity index is 276. The van der Waals surface area contributed by atoms with Crippen molar-refractivity contribution in [1.29, 1.82) is 0 Å². The fraction of sp³-hybridized carbons (Fsp3) is 0.625. The van der Waals surface area contributed by atoms with E-state index in [1.54, 1.807) is 12.4 Å². The number of ether oxygens (including phenoxy) is 1. The number of alkyl halides is 4. The van der Waals surface area contributed by atoms with Gasteiger partial charge in [0.25, 0.3) is 0 Å². The summed E-state index contributed by atoms with van der Waals surface area (Å²) < 4.78 is 39.5. The predicted octanol–water partition coefficient (Wildman–Crippen LogP) is 2.14. The van der Waals surface area contributed by atoms with E-state index in [0.29, 0.717) is 12.2 Å². The molecule has 0 fully saturated rings. The van der Waals surface area contributed by atoms with Crippen molar-refractivity contribution in [3.8, 4) is 0 Å². The van der Waals surface area contributed by atoms with Crippen molar-refractivity contribution >= 4 is 11.6 Å². The topological polar surface area (TPSA) is 37.9 Å². The number of aromatic amines is 1. The van der Waals surface area contributed by atoms with Crippen LogP contribution in [0.2, 0.25) is 0 Å². The maximum absolute atomic E-state index is 11.7. The molecular formula is C8H10ClF3N2O. The van der Waals surface area contributed by atoms with Crippen LogP contribution in [0.4, 0.5) is 13.2 Å². The Morgan fingerprint density at radius 1 is 1.53 bits per heavy atom. The second-order valence-electron chi connectivity index (χ2n) is 2.97. The molecular weight excluding hydrogens is 233 g/mol. The first-order valence-electron chi connectivity index (χ1n) is 4.24. The highest BCUT2D eigenvalue weighted by Crippen LogP contribution is 2.15. The average Bonchev–Trinajstić information content (AvgIpc) is 2.54. The van der Waals surface area contributed by atoms with Crippen LogP contribution in [0.15, 0.2) is 12.4 Å². The van der Waals surface area contributed by atoms with Gasteiger partial charge in [-0.05, 0) is 0 Å². The van der Waals surface area contributed by atoms with Crippen LogP contribution in [-0.2, 0) is 11.2 Å². The van der Waals surface area contributed by atoms with Gasteiger partial charge in [-0.1, -0.05) is 0 Å². The largest absolute Gasteiger partial charge is 0.411 e. The molecule has 1 unspecified atom stereocenters. The third-order valence-corrected chi connectivity index (χ3v) is 1.81. The van der Waals surface area contributed by atoms with E-state index in [0.717, 1.165) is 0 Å². The number of halogens is 4. The Morgan fingerprint density at radius 3 is 2.80 bits per heavy atom. The first-order chi connectivity index (χ1) is 6.97. The summed E-state index contributed by atoms with van der Waals surface area (Å²) in [7, 11) is 0. The minimum absolute atomic E-state index is 0.151. The molecule has 0 bridgehead atoms. The second kappa shape index (κ2) is 5.37. The molecule has 0 spiro atoms. The Kier molecular flexibility index (Phi) is 4.41. The number of H-pyrrole nitrogens is 1. The van der Waals surface area contributed by atoms with Crippen LogP contribution in [0.1, 0.15) is 5.82 Å². The summed E-state index contributed by atoms with van der Waals surface area (Å²) in [5.74, 6) is 0.630. The Morgan fingerprint density at radius 2 is 2.27 bits per heavy atom. The van der Waals surface area contributed by atoms with Crippen LogP contribution in [0.3, 0.4) is 0 Å². The standard InChI is InChI=1S/C8H10ClF3N2O/c9-6(3-7-13-1-2-14-7)4-15-5-8(10,11)12/h1-2,6H,3-5H2,(H,13,14). The lowest BCUT2D eigenvalue weighted by atomic mass is 10.3. The molecule has 86 valence electrons. The van der Waals surface area contributed by atoms with Gasteiger partial charge in [0.05, 0.1) is 12.0 Å².